The minimum Gasteiger partial charge on any atom is -0.549 e. The topological polar surface area (TPSA) is 66.4 Å². The molecule has 0 saturated heterocycles. The Morgan fingerprint density at radius 3 is 2.08 bits per heavy atom. The van der Waals surface area contributed by atoms with Gasteiger partial charge in [-0.05, 0) is 20.8 Å². The third-order valence-corrected chi connectivity index (χ3v) is 1.30. The molecule has 0 radical (unpaired) electrons. The molecular weight excluding hydrogens is 187 g/mol. The quantitative estimate of drug-likeness (QED) is 0.266. The summed E-state index contributed by atoms with van der Waals surface area (Å²) in [5.41, 5.74) is -1.55. The van der Waals surface area contributed by atoms with Gasteiger partial charge in [0, 0.05) is 0 Å². The van der Waals surface area contributed by atoms with Crippen LogP contribution in [-0.2, 0) is 14.3 Å². The van der Waals surface area contributed by atoms with Crippen molar-refractivity contribution in [2.24, 2.45) is 5.41 Å². The average Bonchev–Trinajstić information content (AvgIpc) is 1.88. The Kier molecular flexibility index (Phi) is 7.65. The Hall–Kier alpha value is 0.576. The van der Waals surface area contributed by atoms with Gasteiger partial charge in [-0.25, -0.2) is 0 Å². The van der Waals surface area contributed by atoms with Crippen molar-refractivity contribution in [1.29, 1.82) is 0 Å². The molecule has 0 rings (SSSR count). The van der Waals surface area contributed by atoms with E-state index in [9.17, 15) is 14.7 Å². The van der Waals surface area contributed by atoms with Crippen molar-refractivity contribution in [3.8, 4) is 0 Å². The van der Waals surface area contributed by atoms with Crippen LogP contribution in [0.4, 0.5) is 0 Å². The summed E-state index contributed by atoms with van der Waals surface area (Å²) in [6, 6.07) is 0. The molecule has 0 amide bonds. The van der Waals surface area contributed by atoms with E-state index in [0.29, 0.717) is 0 Å². The van der Waals surface area contributed by atoms with E-state index in [1.165, 1.54) is 13.8 Å². The van der Waals surface area contributed by atoms with Crippen LogP contribution < -0.4 is 56.5 Å². The van der Waals surface area contributed by atoms with Gasteiger partial charge in [0.1, 0.15) is 5.41 Å². The molecule has 0 saturated carbocycles. The minimum absolute atomic E-state index is 0. The predicted octanol–water partition coefficient (Wildman–Crippen LogP) is -3.67. The summed E-state index contributed by atoms with van der Waals surface area (Å²) in [6.45, 7) is 4.29. The van der Waals surface area contributed by atoms with Gasteiger partial charge in [0.2, 0.25) is 0 Å². The van der Waals surface area contributed by atoms with Crippen LogP contribution >= 0.6 is 0 Å². The van der Waals surface area contributed by atoms with E-state index >= 15 is 0 Å². The van der Waals surface area contributed by atoms with Crippen LogP contribution in [0.5, 0.6) is 0 Å². The van der Waals surface area contributed by atoms with E-state index in [4.69, 9.17) is 0 Å². The van der Waals surface area contributed by atoms with Crippen LogP contribution in [0.15, 0.2) is 0 Å². The van der Waals surface area contributed by atoms with Gasteiger partial charge in [0.15, 0.2) is 0 Å². The van der Waals surface area contributed by atoms with Crippen LogP contribution in [0.2, 0.25) is 0 Å². The normalized spacial score (nSPS) is 9.92. The molecule has 0 aromatic rings. The number of esters is 1. The van der Waals surface area contributed by atoms with Gasteiger partial charge in [0.05, 0.1) is 12.6 Å². The summed E-state index contributed by atoms with van der Waals surface area (Å²) < 4.78 is 4.51. The Morgan fingerprint density at radius 1 is 1.42 bits per heavy atom. The van der Waals surface area contributed by atoms with Crippen molar-refractivity contribution in [1.82, 2.24) is 0 Å². The Balaban J connectivity index is 0. The molecule has 0 aliphatic rings. The zero-order chi connectivity index (χ0) is 9.07. The van der Waals surface area contributed by atoms with E-state index < -0.39 is 17.4 Å². The molecule has 0 heterocycles. The Labute approximate surface area is 114 Å². The van der Waals surface area contributed by atoms with Crippen molar-refractivity contribution in [2.45, 2.75) is 20.8 Å². The second-order valence-electron chi connectivity index (χ2n) is 2.63. The summed E-state index contributed by atoms with van der Waals surface area (Å²) in [4.78, 5) is 21.2. The molecule has 0 unspecified atom stereocenters. The van der Waals surface area contributed by atoms with Crippen LogP contribution in [0.1, 0.15) is 20.8 Å². The number of carbonyl (C=O) groups excluding carboxylic acids is 2. The summed E-state index contributed by atoms with van der Waals surface area (Å²) >= 11 is 0. The number of carbonyl (C=O) groups is 2. The molecule has 0 aromatic heterocycles. The predicted molar refractivity (Wildman–Crippen MR) is 35.4 cm³/mol. The van der Waals surface area contributed by atoms with Gasteiger partial charge in [-0.15, -0.1) is 0 Å². The molecule has 0 aromatic carbocycles. The number of hydrogen-bond acceptors (Lipinski definition) is 4. The SMILES string of the molecule is CCOC(=O)C(C)(C)C(=O)[O-].[K+]. The van der Waals surface area contributed by atoms with Crippen molar-refractivity contribution in [3.05, 3.63) is 0 Å². The smallest absolute Gasteiger partial charge is 0.549 e. The second-order valence-corrected chi connectivity index (χ2v) is 2.63. The fourth-order valence-corrected chi connectivity index (χ4v) is 0.395. The Bertz CT molecular complexity index is 176. The maximum absolute atomic E-state index is 10.9. The molecule has 0 atom stereocenters. The van der Waals surface area contributed by atoms with Crippen molar-refractivity contribution in [2.75, 3.05) is 6.61 Å². The first kappa shape index (κ1) is 15.1. The number of carboxylic acid groups (broad SMARTS) is 1. The molecule has 4 nitrogen and oxygen atoms in total. The first-order valence-corrected chi connectivity index (χ1v) is 3.31. The maximum atomic E-state index is 10.9. The van der Waals surface area contributed by atoms with Gasteiger partial charge in [0.25, 0.3) is 0 Å². The van der Waals surface area contributed by atoms with Crippen molar-refractivity contribution >= 4 is 11.9 Å². The molecule has 0 spiro atoms. The van der Waals surface area contributed by atoms with Gasteiger partial charge >= 0.3 is 57.4 Å². The number of aliphatic carboxylic acids is 1. The molecular formula is C7H11KO4. The van der Waals surface area contributed by atoms with E-state index in [1.54, 1.807) is 6.92 Å². The molecule has 64 valence electrons. The van der Waals surface area contributed by atoms with Crippen molar-refractivity contribution in [3.63, 3.8) is 0 Å². The molecule has 0 bridgehead atoms. The first-order valence-electron chi connectivity index (χ1n) is 3.31. The third-order valence-electron chi connectivity index (χ3n) is 1.30. The fraction of sp³-hybridized carbons (Fsp3) is 0.714. The number of rotatable bonds is 3. The largest absolute Gasteiger partial charge is 1.00 e. The van der Waals surface area contributed by atoms with Gasteiger partial charge in [-0.1, -0.05) is 0 Å². The van der Waals surface area contributed by atoms with Gasteiger partial charge in [-0.3, -0.25) is 4.79 Å². The zero-order valence-corrected chi connectivity index (χ0v) is 11.0. The number of ether oxygens (including phenoxy) is 1. The maximum Gasteiger partial charge on any atom is 1.00 e. The second kappa shape index (κ2) is 6.09. The monoisotopic (exact) mass is 198 g/mol. The minimum atomic E-state index is -1.55. The van der Waals surface area contributed by atoms with Crippen LogP contribution in [0.3, 0.4) is 0 Å². The van der Waals surface area contributed by atoms with Gasteiger partial charge in [-0.2, -0.15) is 0 Å². The molecule has 0 N–H and O–H groups in total. The van der Waals surface area contributed by atoms with Crippen LogP contribution in [0, 0.1) is 5.41 Å². The average molecular weight is 198 g/mol. The fourth-order valence-electron chi connectivity index (χ4n) is 0.395. The van der Waals surface area contributed by atoms with Crippen LogP contribution in [0.25, 0.3) is 0 Å². The van der Waals surface area contributed by atoms with E-state index in [2.05, 4.69) is 4.74 Å². The van der Waals surface area contributed by atoms with Crippen molar-refractivity contribution < 1.29 is 70.8 Å². The molecule has 0 aliphatic heterocycles. The third kappa shape index (κ3) is 4.00. The standard InChI is InChI=1S/C7H12O4.K/c1-4-11-6(10)7(2,3)5(8)9;/h4H2,1-3H3,(H,8,9);/q;+1/p-1. The molecule has 0 fully saturated rings. The molecule has 0 aliphatic carbocycles. The summed E-state index contributed by atoms with van der Waals surface area (Å²) in [7, 11) is 0. The van der Waals surface area contributed by atoms with E-state index in [-0.39, 0.29) is 58.0 Å². The summed E-state index contributed by atoms with van der Waals surface area (Å²) in [6.07, 6.45) is 0. The molecule has 12 heavy (non-hydrogen) atoms. The zero-order valence-electron chi connectivity index (χ0n) is 7.84. The van der Waals surface area contributed by atoms with E-state index in [0.717, 1.165) is 0 Å². The first-order chi connectivity index (χ1) is 4.92. The summed E-state index contributed by atoms with van der Waals surface area (Å²) in [5.74, 6) is -2.18. The number of hydrogen-bond donors (Lipinski definition) is 0. The molecule has 5 heteroatoms. The Morgan fingerprint density at radius 2 is 1.83 bits per heavy atom. The van der Waals surface area contributed by atoms with E-state index in [1.807, 2.05) is 0 Å². The summed E-state index contributed by atoms with van der Waals surface area (Å²) in [5, 5.41) is 10.3. The van der Waals surface area contributed by atoms with Crippen LogP contribution in [-0.4, -0.2) is 18.5 Å². The number of carboxylic acids is 1. The van der Waals surface area contributed by atoms with Gasteiger partial charge < -0.3 is 14.6 Å².